The van der Waals surface area contributed by atoms with Crippen LogP contribution < -0.4 is 9.80 Å². The van der Waals surface area contributed by atoms with Gasteiger partial charge in [-0.15, -0.1) is 10.2 Å². The van der Waals surface area contributed by atoms with Crippen molar-refractivity contribution < 1.29 is 0 Å². The van der Waals surface area contributed by atoms with E-state index in [0.717, 1.165) is 83.7 Å². The van der Waals surface area contributed by atoms with Crippen LogP contribution in [-0.4, -0.2) is 75.8 Å². The summed E-state index contributed by atoms with van der Waals surface area (Å²) < 4.78 is 2.04. The van der Waals surface area contributed by atoms with Crippen LogP contribution in [0.4, 0.5) is 11.6 Å². The van der Waals surface area contributed by atoms with Gasteiger partial charge in [0.05, 0.1) is 22.6 Å². The van der Waals surface area contributed by atoms with Gasteiger partial charge in [0.1, 0.15) is 5.52 Å². The summed E-state index contributed by atoms with van der Waals surface area (Å²) in [7, 11) is 4.33. The van der Waals surface area contributed by atoms with E-state index in [1.165, 1.54) is 19.3 Å². The molecule has 182 valence electrons. The number of halogens is 1. The Morgan fingerprint density at radius 1 is 0.914 bits per heavy atom. The summed E-state index contributed by atoms with van der Waals surface area (Å²) in [5.41, 5.74) is 5.28. The van der Waals surface area contributed by atoms with Crippen LogP contribution >= 0.6 is 11.6 Å². The van der Waals surface area contributed by atoms with E-state index in [1.807, 2.05) is 22.6 Å². The predicted octanol–water partition coefficient (Wildman–Crippen LogP) is 4.51. The number of fused-ring (bicyclic) bond motifs is 3. The Morgan fingerprint density at radius 3 is 2.46 bits per heavy atom. The molecule has 0 spiro atoms. The molecule has 0 radical (unpaired) electrons. The van der Waals surface area contributed by atoms with Crippen molar-refractivity contribution in [2.75, 3.05) is 50.1 Å². The first kappa shape index (κ1) is 22.5. The number of nitrogens with zero attached hydrogens (tertiary/aromatic N) is 8. The van der Waals surface area contributed by atoms with Crippen LogP contribution in [0.1, 0.15) is 32.1 Å². The third-order valence-corrected chi connectivity index (χ3v) is 7.78. The molecule has 2 fully saturated rings. The first-order chi connectivity index (χ1) is 17.1. The van der Waals surface area contributed by atoms with Crippen LogP contribution in [0, 0.1) is 0 Å². The summed E-state index contributed by atoms with van der Waals surface area (Å²) in [6.45, 7) is 4.03. The first-order valence-electron chi connectivity index (χ1n) is 12.6. The molecule has 35 heavy (non-hydrogen) atoms. The third kappa shape index (κ3) is 4.19. The molecule has 5 heterocycles. The molecule has 0 amide bonds. The van der Waals surface area contributed by atoms with Crippen LogP contribution in [0.2, 0.25) is 5.02 Å². The Hall–Kier alpha value is -2.97. The molecule has 2 saturated heterocycles. The second-order valence-corrected chi connectivity index (χ2v) is 10.3. The smallest absolute Gasteiger partial charge is 0.233 e. The Kier molecular flexibility index (Phi) is 5.94. The lowest BCUT2D eigenvalue weighted by Gasteiger charge is -2.36. The van der Waals surface area contributed by atoms with Crippen molar-refractivity contribution in [2.45, 2.75) is 38.1 Å². The van der Waals surface area contributed by atoms with E-state index >= 15 is 0 Å². The molecule has 8 nitrogen and oxygen atoms in total. The van der Waals surface area contributed by atoms with Crippen molar-refractivity contribution in [3.05, 3.63) is 41.6 Å². The highest BCUT2D eigenvalue weighted by atomic mass is 35.5. The maximum atomic E-state index is 6.81. The minimum absolute atomic E-state index is 0.643. The summed E-state index contributed by atoms with van der Waals surface area (Å²) in [6, 6.07) is 11.0. The van der Waals surface area contributed by atoms with E-state index in [4.69, 9.17) is 16.6 Å². The molecule has 0 unspecified atom stereocenters. The van der Waals surface area contributed by atoms with Gasteiger partial charge in [-0.3, -0.25) is 0 Å². The second kappa shape index (κ2) is 9.24. The van der Waals surface area contributed by atoms with E-state index in [1.54, 1.807) is 6.20 Å². The van der Waals surface area contributed by atoms with Crippen molar-refractivity contribution in [1.82, 2.24) is 29.5 Å². The number of benzene rings is 1. The standard InChI is InChI=1S/C26H31ClN8/c1-32(2)19-10-14-33(15-11-19)23-9-6-18(16-20(23)27)21-7-8-22-25(29-21)35-24(17-28-22)30-31-26(35)34-12-4-3-5-13-34/h6-9,16-17,19H,3-5,10-15H2,1-2H3. The lowest BCUT2D eigenvalue weighted by atomic mass is 10.0. The van der Waals surface area contributed by atoms with Crippen molar-refractivity contribution >= 4 is 40.0 Å². The number of pyridine rings is 1. The first-order valence-corrected chi connectivity index (χ1v) is 12.9. The minimum atomic E-state index is 0.643. The maximum absolute atomic E-state index is 6.81. The van der Waals surface area contributed by atoms with Gasteiger partial charge in [-0.1, -0.05) is 17.7 Å². The van der Waals surface area contributed by atoms with Crippen LogP contribution in [0.3, 0.4) is 0 Å². The summed E-state index contributed by atoms with van der Waals surface area (Å²) in [4.78, 5) is 16.6. The lowest BCUT2D eigenvalue weighted by Crippen LogP contribution is -2.42. The summed E-state index contributed by atoms with van der Waals surface area (Å²) in [5, 5.41) is 9.64. The van der Waals surface area contributed by atoms with E-state index in [2.05, 4.69) is 56.1 Å². The Labute approximate surface area is 210 Å². The van der Waals surface area contributed by atoms with Gasteiger partial charge in [-0.2, -0.15) is 0 Å². The maximum Gasteiger partial charge on any atom is 0.233 e. The molecule has 1 aromatic carbocycles. The lowest BCUT2D eigenvalue weighted by molar-refractivity contribution is 0.249. The number of piperidine rings is 2. The van der Waals surface area contributed by atoms with Crippen molar-refractivity contribution in [3.8, 4) is 11.3 Å². The summed E-state index contributed by atoms with van der Waals surface area (Å²) >= 11 is 6.81. The van der Waals surface area contributed by atoms with Crippen LogP contribution in [0.15, 0.2) is 36.5 Å². The van der Waals surface area contributed by atoms with Gasteiger partial charge < -0.3 is 14.7 Å². The zero-order valence-corrected chi connectivity index (χ0v) is 21.1. The van der Waals surface area contributed by atoms with Gasteiger partial charge in [0.25, 0.3) is 0 Å². The zero-order chi connectivity index (χ0) is 23.9. The zero-order valence-electron chi connectivity index (χ0n) is 20.4. The average molecular weight is 491 g/mol. The highest BCUT2D eigenvalue weighted by Crippen LogP contribution is 2.33. The number of hydrogen-bond donors (Lipinski definition) is 0. The Morgan fingerprint density at radius 2 is 1.71 bits per heavy atom. The average Bonchev–Trinajstić information content (AvgIpc) is 3.34. The molecule has 2 aliphatic heterocycles. The Balaban J connectivity index is 1.34. The van der Waals surface area contributed by atoms with Crippen molar-refractivity contribution in [3.63, 3.8) is 0 Å². The largest absolute Gasteiger partial charge is 0.370 e. The molecule has 3 aromatic heterocycles. The highest BCUT2D eigenvalue weighted by Gasteiger charge is 2.23. The van der Waals surface area contributed by atoms with Gasteiger partial charge in [0.15, 0.2) is 11.3 Å². The quantitative estimate of drug-likeness (QED) is 0.417. The van der Waals surface area contributed by atoms with Crippen LogP contribution in [-0.2, 0) is 0 Å². The van der Waals surface area contributed by atoms with Crippen LogP contribution in [0.5, 0.6) is 0 Å². The molecule has 9 heteroatoms. The summed E-state index contributed by atoms with van der Waals surface area (Å²) in [5.74, 6) is 0.853. The van der Waals surface area contributed by atoms with Gasteiger partial charge in [-0.25, -0.2) is 14.4 Å². The molecule has 0 N–H and O–H groups in total. The van der Waals surface area contributed by atoms with Crippen molar-refractivity contribution in [1.29, 1.82) is 0 Å². The van der Waals surface area contributed by atoms with E-state index < -0.39 is 0 Å². The monoisotopic (exact) mass is 490 g/mol. The fourth-order valence-electron chi connectivity index (χ4n) is 5.41. The number of rotatable bonds is 4. The summed E-state index contributed by atoms with van der Waals surface area (Å²) in [6.07, 6.45) is 7.69. The molecular formula is C26H31ClN8. The van der Waals surface area contributed by atoms with E-state index in [9.17, 15) is 0 Å². The normalized spacial score (nSPS) is 17.7. The van der Waals surface area contributed by atoms with Gasteiger partial charge in [-0.05, 0) is 70.5 Å². The number of aromatic nitrogens is 5. The Bertz CT molecular complexity index is 1350. The molecule has 0 aliphatic carbocycles. The van der Waals surface area contributed by atoms with Crippen molar-refractivity contribution in [2.24, 2.45) is 0 Å². The topological polar surface area (TPSA) is 65.7 Å². The molecular weight excluding hydrogens is 460 g/mol. The minimum Gasteiger partial charge on any atom is -0.370 e. The van der Waals surface area contributed by atoms with Gasteiger partial charge in [0.2, 0.25) is 5.95 Å². The molecule has 0 atom stereocenters. The SMILES string of the molecule is CN(C)C1CCN(c2ccc(-c3ccc4ncc5nnc(N6CCCCC6)n5c4n3)cc2Cl)CC1. The fourth-order valence-corrected chi connectivity index (χ4v) is 5.71. The van der Waals surface area contributed by atoms with Gasteiger partial charge >= 0.3 is 0 Å². The predicted molar refractivity (Wildman–Crippen MR) is 142 cm³/mol. The molecule has 0 saturated carbocycles. The second-order valence-electron chi connectivity index (χ2n) is 9.89. The van der Waals surface area contributed by atoms with Crippen LogP contribution in [0.25, 0.3) is 28.1 Å². The van der Waals surface area contributed by atoms with Gasteiger partial charge in [0, 0.05) is 37.8 Å². The highest BCUT2D eigenvalue weighted by molar-refractivity contribution is 6.33. The van der Waals surface area contributed by atoms with E-state index in [0.29, 0.717) is 6.04 Å². The third-order valence-electron chi connectivity index (χ3n) is 7.47. The molecule has 2 aliphatic rings. The van der Waals surface area contributed by atoms with E-state index in [-0.39, 0.29) is 0 Å². The molecule has 4 aromatic rings. The number of anilines is 2. The molecule has 0 bridgehead atoms. The number of hydrogen-bond acceptors (Lipinski definition) is 7. The fraction of sp³-hybridized carbons (Fsp3) is 0.462. The molecule has 6 rings (SSSR count).